The van der Waals surface area contributed by atoms with Gasteiger partial charge >= 0.3 is 0 Å². The molecule has 0 saturated carbocycles. The Bertz CT molecular complexity index is 630. The number of hydrogen-bond acceptors (Lipinski definition) is 3. The van der Waals surface area contributed by atoms with Crippen LogP contribution in [0.3, 0.4) is 0 Å². The van der Waals surface area contributed by atoms with Gasteiger partial charge in [0.25, 0.3) is 0 Å². The first-order valence-corrected chi connectivity index (χ1v) is 7.66. The van der Waals surface area contributed by atoms with Gasteiger partial charge in [-0.2, -0.15) is 0 Å². The third kappa shape index (κ3) is 2.98. The van der Waals surface area contributed by atoms with Crippen molar-refractivity contribution in [2.75, 3.05) is 13.7 Å². The van der Waals surface area contributed by atoms with Crippen molar-refractivity contribution in [3.63, 3.8) is 0 Å². The molecule has 3 nitrogen and oxygen atoms in total. The van der Waals surface area contributed by atoms with Gasteiger partial charge < -0.3 is 14.5 Å². The molecule has 0 saturated heterocycles. The lowest BCUT2D eigenvalue weighted by Crippen LogP contribution is -2.17. The maximum absolute atomic E-state index is 5.65. The summed E-state index contributed by atoms with van der Waals surface area (Å²) in [6.45, 7) is 4.87. The maximum Gasteiger partial charge on any atom is 0.122 e. The zero-order valence-corrected chi connectivity index (χ0v) is 13.0. The van der Waals surface area contributed by atoms with Crippen LogP contribution in [-0.2, 0) is 12.8 Å². The lowest BCUT2D eigenvalue weighted by Gasteiger charge is -2.15. The largest absolute Gasteiger partial charge is 0.493 e. The molecule has 1 atom stereocenters. The highest BCUT2D eigenvalue weighted by Crippen LogP contribution is 2.28. The summed E-state index contributed by atoms with van der Waals surface area (Å²) >= 11 is 0. The average Bonchev–Trinajstić information content (AvgIpc) is 3.05. The first-order chi connectivity index (χ1) is 10.2. The van der Waals surface area contributed by atoms with E-state index in [9.17, 15) is 0 Å². The Labute approximate surface area is 126 Å². The Morgan fingerprint density at radius 1 is 1.24 bits per heavy atom. The summed E-state index contributed by atoms with van der Waals surface area (Å²) in [5.41, 5.74) is 4.01. The second-order valence-corrected chi connectivity index (χ2v) is 5.79. The number of hydrogen-bond donors (Lipinski definition) is 1. The zero-order chi connectivity index (χ0) is 14.8. The van der Waals surface area contributed by atoms with Crippen molar-refractivity contribution in [3.05, 3.63) is 52.5 Å². The van der Waals surface area contributed by atoms with E-state index in [-0.39, 0.29) is 0 Å². The predicted molar refractivity (Wildman–Crippen MR) is 83.9 cm³/mol. The van der Waals surface area contributed by atoms with E-state index in [1.54, 1.807) is 0 Å². The minimum Gasteiger partial charge on any atom is -0.493 e. The summed E-state index contributed by atoms with van der Waals surface area (Å²) in [5, 5.41) is 3.41. The summed E-state index contributed by atoms with van der Waals surface area (Å²) in [5.74, 6) is 3.07. The van der Waals surface area contributed by atoms with Gasteiger partial charge in [-0.1, -0.05) is 12.1 Å². The smallest absolute Gasteiger partial charge is 0.122 e. The van der Waals surface area contributed by atoms with Crippen molar-refractivity contribution in [3.8, 4) is 5.75 Å². The van der Waals surface area contributed by atoms with Crippen molar-refractivity contribution in [2.45, 2.75) is 39.2 Å². The summed E-state index contributed by atoms with van der Waals surface area (Å²) in [6.07, 6.45) is 3.16. The van der Waals surface area contributed by atoms with Gasteiger partial charge in [0, 0.05) is 18.0 Å². The number of aryl methyl sites for hydroxylation is 3. The van der Waals surface area contributed by atoms with E-state index < -0.39 is 0 Å². The van der Waals surface area contributed by atoms with E-state index in [2.05, 4.69) is 29.6 Å². The van der Waals surface area contributed by atoms with Gasteiger partial charge in [0.15, 0.2) is 0 Å². The second-order valence-electron chi connectivity index (χ2n) is 5.79. The number of furan rings is 1. The quantitative estimate of drug-likeness (QED) is 0.909. The van der Waals surface area contributed by atoms with E-state index in [1.807, 2.05) is 20.9 Å². The maximum atomic E-state index is 5.65. The monoisotopic (exact) mass is 285 g/mol. The van der Waals surface area contributed by atoms with Gasteiger partial charge in [-0.05, 0) is 57.0 Å². The van der Waals surface area contributed by atoms with E-state index in [0.717, 1.165) is 43.1 Å². The van der Waals surface area contributed by atoms with Crippen LogP contribution >= 0.6 is 0 Å². The second kappa shape index (κ2) is 5.94. The van der Waals surface area contributed by atoms with Crippen LogP contribution in [0.4, 0.5) is 0 Å². The molecule has 0 bridgehead atoms. The molecule has 0 aliphatic carbocycles. The van der Waals surface area contributed by atoms with Gasteiger partial charge in [-0.3, -0.25) is 0 Å². The molecule has 2 heterocycles. The zero-order valence-electron chi connectivity index (χ0n) is 13.0. The van der Waals surface area contributed by atoms with Crippen molar-refractivity contribution in [1.82, 2.24) is 5.32 Å². The van der Waals surface area contributed by atoms with Crippen LogP contribution in [0.25, 0.3) is 0 Å². The molecule has 112 valence electrons. The van der Waals surface area contributed by atoms with Crippen molar-refractivity contribution < 1.29 is 9.15 Å². The summed E-state index contributed by atoms with van der Waals surface area (Å²) in [4.78, 5) is 0. The molecule has 1 aliphatic heterocycles. The fourth-order valence-electron chi connectivity index (χ4n) is 3.16. The molecule has 1 unspecified atom stereocenters. The van der Waals surface area contributed by atoms with Crippen molar-refractivity contribution >= 4 is 0 Å². The number of nitrogens with one attached hydrogen (secondary N) is 1. The van der Waals surface area contributed by atoms with E-state index in [4.69, 9.17) is 9.15 Å². The molecule has 1 aliphatic rings. The summed E-state index contributed by atoms with van der Waals surface area (Å²) in [6, 6.07) is 9.08. The van der Waals surface area contributed by atoms with Gasteiger partial charge in [0.05, 0.1) is 6.61 Å². The molecule has 3 heteroatoms. The lowest BCUT2D eigenvalue weighted by atomic mass is 9.98. The van der Waals surface area contributed by atoms with Crippen molar-refractivity contribution in [2.24, 2.45) is 0 Å². The normalized spacial score (nSPS) is 14.8. The highest BCUT2D eigenvalue weighted by molar-refractivity contribution is 5.40. The fraction of sp³-hybridized carbons (Fsp3) is 0.444. The highest BCUT2D eigenvalue weighted by Gasteiger charge is 2.16. The molecular weight excluding hydrogens is 262 g/mol. The van der Waals surface area contributed by atoms with Crippen LogP contribution < -0.4 is 10.1 Å². The molecule has 0 radical (unpaired) electrons. The SMILES string of the molecule is CNC(CCc1ccc2c(c1)CCO2)c1cc(C)oc1C. The Morgan fingerprint density at radius 2 is 2.10 bits per heavy atom. The standard InChI is InChI=1S/C18H23NO2/c1-12-10-16(13(2)21-12)17(19-3)6-4-14-5-7-18-15(11-14)8-9-20-18/h5,7,10-11,17,19H,4,6,8-9H2,1-3H3. The molecule has 0 fully saturated rings. The number of fused-ring (bicyclic) bond motifs is 1. The van der Waals surface area contributed by atoms with Gasteiger partial charge in [0.2, 0.25) is 0 Å². The number of rotatable bonds is 5. The van der Waals surface area contributed by atoms with E-state index >= 15 is 0 Å². The Balaban J connectivity index is 1.69. The molecule has 0 amide bonds. The van der Waals surface area contributed by atoms with Crippen LogP contribution in [0.1, 0.15) is 40.7 Å². The van der Waals surface area contributed by atoms with E-state index in [0.29, 0.717) is 6.04 Å². The number of ether oxygens (including phenoxy) is 1. The molecule has 21 heavy (non-hydrogen) atoms. The first kappa shape index (κ1) is 14.2. The molecule has 3 rings (SSSR count). The Kier molecular flexibility index (Phi) is 4.02. The van der Waals surface area contributed by atoms with Crippen LogP contribution in [0.5, 0.6) is 5.75 Å². The first-order valence-electron chi connectivity index (χ1n) is 7.66. The van der Waals surface area contributed by atoms with Gasteiger partial charge in [-0.25, -0.2) is 0 Å². The Morgan fingerprint density at radius 3 is 2.81 bits per heavy atom. The van der Waals surface area contributed by atoms with Gasteiger partial charge in [0.1, 0.15) is 17.3 Å². The minimum absolute atomic E-state index is 0.340. The van der Waals surface area contributed by atoms with E-state index in [1.165, 1.54) is 16.7 Å². The predicted octanol–water partition coefficient (Wildman–Crippen LogP) is 3.72. The molecule has 1 aromatic carbocycles. The lowest BCUT2D eigenvalue weighted by molar-refractivity contribution is 0.357. The van der Waals surface area contributed by atoms with Crippen LogP contribution in [0.2, 0.25) is 0 Å². The average molecular weight is 285 g/mol. The molecular formula is C18H23NO2. The van der Waals surface area contributed by atoms with Crippen LogP contribution in [0, 0.1) is 13.8 Å². The van der Waals surface area contributed by atoms with Crippen molar-refractivity contribution in [1.29, 1.82) is 0 Å². The van der Waals surface area contributed by atoms with Crippen LogP contribution in [-0.4, -0.2) is 13.7 Å². The highest BCUT2D eigenvalue weighted by atomic mass is 16.5. The molecule has 2 aromatic rings. The molecule has 1 aromatic heterocycles. The summed E-state index contributed by atoms with van der Waals surface area (Å²) < 4.78 is 11.2. The minimum atomic E-state index is 0.340. The topological polar surface area (TPSA) is 34.4 Å². The molecule has 0 spiro atoms. The fourth-order valence-corrected chi connectivity index (χ4v) is 3.16. The summed E-state index contributed by atoms with van der Waals surface area (Å²) in [7, 11) is 2.02. The number of benzene rings is 1. The Hall–Kier alpha value is -1.74. The third-order valence-corrected chi connectivity index (χ3v) is 4.28. The van der Waals surface area contributed by atoms with Crippen LogP contribution in [0.15, 0.2) is 28.7 Å². The molecule has 1 N–H and O–H groups in total. The van der Waals surface area contributed by atoms with Gasteiger partial charge in [-0.15, -0.1) is 0 Å². The third-order valence-electron chi connectivity index (χ3n) is 4.28.